The molecule has 1 aromatic heterocycles. The van der Waals surface area contributed by atoms with Crippen molar-refractivity contribution in [3.8, 4) is 11.4 Å². The molecule has 0 radical (unpaired) electrons. The first-order chi connectivity index (χ1) is 9.01. The molecule has 1 heterocycles. The van der Waals surface area contributed by atoms with E-state index in [2.05, 4.69) is 9.97 Å². The number of hydrogen-bond acceptors (Lipinski definition) is 3. The van der Waals surface area contributed by atoms with Crippen LogP contribution in [-0.4, -0.2) is 21.7 Å². The molecule has 0 aliphatic heterocycles. The van der Waals surface area contributed by atoms with Crippen LogP contribution in [-0.2, 0) is 6.42 Å². The van der Waals surface area contributed by atoms with Gasteiger partial charge in [0, 0.05) is 35.9 Å². The van der Waals surface area contributed by atoms with Crippen molar-refractivity contribution >= 4 is 0 Å². The van der Waals surface area contributed by atoms with Crippen molar-refractivity contribution in [3.63, 3.8) is 0 Å². The molecule has 0 aliphatic rings. The lowest BCUT2D eigenvalue weighted by Crippen LogP contribution is -2.18. The molecule has 0 atom stereocenters. The molecule has 6 heteroatoms. The van der Waals surface area contributed by atoms with Crippen LogP contribution in [0.25, 0.3) is 11.4 Å². The molecule has 0 aliphatic carbocycles. The monoisotopic (exact) mass is 266 g/mol. The number of H-pyrrole nitrogens is 1. The van der Waals surface area contributed by atoms with E-state index in [0.29, 0.717) is 11.3 Å². The Hall–Kier alpha value is -2.08. The van der Waals surface area contributed by atoms with Gasteiger partial charge >= 0.3 is 0 Å². The molecular formula is C13H12F2N2O2. The fourth-order valence-electron chi connectivity index (χ4n) is 1.84. The van der Waals surface area contributed by atoms with Crippen molar-refractivity contribution < 1.29 is 13.9 Å². The van der Waals surface area contributed by atoms with Gasteiger partial charge in [-0.1, -0.05) is 0 Å². The average molecular weight is 266 g/mol. The van der Waals surface area contributed by atoms with Crippen molar-refractivity contribution in [2.24, 2.45) is 0 Å². The molecule has 0 bridgehead atoms. The van der Waals surface area contributed by atoms with Gasteiger partial charge in [-0.05, 0) is 19.1 Å². The number of nitrogens with one attached hydrogen (secondary N) is 1. The number of aryl methyl sites for hydroxylation is 1. The minimum Gasteiger partial charge on any atom is -0.396 e. The Labute approximate surface area is 107 Å². The second-order valence-electron chi connectivity index (χ2n) is 4.11. The van der Waals surface area contributed by atoms with Gasteiger partial charge in [0.25, 0.3) is 5.56 Å². The number of rotatable bonds is 3. The Bertz CT molecular complexity index is 648. The normalized spacial score (nSPS) is 10.7. The van der Waals surface area contributed by atoms with E-state index in [1.165, 1.54) is 0 Å². The molecule has 0 saturated carbocycles. The summed E-state index contributed by atoms with van der Waals surface area (Å²) in [6.07, 6.45) is 0.186. The summed E-state index contributed by atoms with van der Waals surface area (Å²) in [5.74, 6) is -1.38. The smallest absolute Gasteiger partial charge is 0.254 e. The maximum absolute atomic E-state index is 13.1. The zero-order valence-corrected chi connectivity index (χ0v) is 10.2. The summed E-state index contributed by atoms with van der Waals surface area (Å²) in [4.78, 5) is 18.4. The average Bonchev–Trinajstić information content (AvgIpc) is 2.32. The van der Waals surface area contributed by atoms with E-state index in [9.17, 15) is 13.6 Å². The molecule has 0 fully saturated rings. The van der Waals surface area contributed by atoms with Gasteiger partial charge in [-0.3, -0.25) is 4.79 Å². The second kappa shape index (κ2) is 5.27. The first kappa shape index (κ1) is 13.4. The highest BCUT2D eigenvalue weighted by Gasteiger charge is 2.10. The van der Waals surface area contributed by atoms with Crippen LogP contribution in [0.3, 0.4) is 0 Å². The van der Waals surface area contributed by atoms with Gasteiger partial charge in [-0.2, -0.15) is 0 Å². The predicted octanol–water partition coefficient (Wildman–Crippen LogP) is 1.56. The third-order valence-electron chi connectivity index (χ3n) is 2.72. The molecule has 2 N–H and O–H groups in total. The predicted molar refractivity (Wildman–Crippen MR) is 65.7 cm³/mol. The van der Waals surface area contributed by atoms with E-state index in [0.717, 1.165) is 18.2 Å². The molecule has 19 heavy (non-hydrogen) atoms. The summed E-state index contributed by atoms with van der Waals surface area (Å²) in [5, 5.41) is 8.85. The fourth-order valence-corrected chi connectivity index (χ4v) is 1.84. The Balaban J connectivity index is 2.55. The number of aromatic amines is 1. The zero-order valence-electron chi connectivity index (χ0n) is 10.2. The van der Waals surface area contributed by atoms with Crippen molar-refractivity contribution in [1.29, 1.82) is 0 Å². The summed E-state index contributed by atoms with van der Waals surface area (Å²) in [7, 11) is 0. The lowest BCUT2D eigenvalue weighted by atomic mass is 10.1. The SMILES string of the molecule is Cc1nc(-c2cc(F)cc(F)c2)[nH]c(=O)c1CCO. The first-order valence-corrected chi connectivity index (χ1v) is 5.68. The standard InChI is InChI=1S/C13H12F2N2O2/c1-7-11(2-3-18)13(19)17-12(16-7)8-4-9(14)6-10(15)5-8/h4-6,18H,2-3H2,1H3,(H,16,17,19). The molecule has 1 aromatic carbocycles. The second-order valence-corrected chi connectivity index (χ2v) is 4.11. The molecule has 0 spiro atoms. The van der Waals surface area contributed by atoms with E-state index in [4.69, 9.17) is 5.11 Å². The van der Waals surface area contributed by atoms with Gasteiger partial charge < -0.3 is 10.1 Å². The molecule has 0 amide bonds. The maximum atomic E-state index is 13.1. The first-order valence-electron chi connectivity index (χ1n) is 5.68. The zero-order chi connectivity index (χ0) is 14.0. The van der Waals surface area contributed by atoms with Crippen molar-refractivity contribution in [2.75, 3.05) is 6.61 Å². The molecule has 0 saturated heterocycles. The van der Waals surface area contributed by atoms with Crippen LogP contribution in [0.1, 0.15) is 11.3 Å². The van der Waals surface area contributed by atoms with Crippen LogP contribution in [0.2, 0.25) is 0 Å². The van der Waals surface area contributed by atoms with Crippen LogP contribution < -0.4 is 5.56 Å². The minimum atomic E-state index is -0.741. The Morgan fingerprint density at radius 2 is 1.89 bits per heavy atom. The summed E-state index contributed by atoms with van der Waals surface area (Å²) >= 11 is 0. The highest BCUT2D eigenvalue weighted by molar-refractivity contribution is 5.55. The molecule has 2 rings (SSSR count). The van der Waals surface area contributed by atoms with Crippen LogP contribution in [0.15, 0.2) is 23.0 Å². The number of aliphatic hydroxyl groups is 1. The quantitative estimate of drug-likeness (QED) is 0.886. The number of benzene rings is 1. The summed E-state index contributed by atoms with van der Waals surface area (Å²) in [5.41, 5.74) is 0.537. The molecule has 100 valence electrons. The van der Waals surface area contributed by atoms with Gasteiger partial charge in [-0.15, -0.1) is 0 Å². The fraction of sp³-hybridized carbons (Fsp3) is 0.231. The van der Waals surface area contributed by atoms with Crippen LogP contribution in [0.5, 0.6) is 0 Å². The van der Waals surface area contributed by atoms with Gasteiger partial charge in [0.15, 0.2) is 0 Å². The Morgan fingerprint density at radius 3 is 2.42 bits per heavy atom. The van der Waals surface area contributed by atoms with E-state index < -0.39 is 17.2 Å². The minimum absolute atomic E-state index is 0.0996. The molecule has 0 unspecified atom stereocenters. The lowest BCUT2D eigenvalue weighted by molar-refractivity contribution is 0.298. The number of aromatic nitrogens is 2. The van der Waals surface area contributed by atoms with E-state index in [1.807, 2.05) is 0 Å². The van der Waals surface area contributed by atoms with Crippen LogP contribution >= 0.6 is 0 Å². The Kier molecular flexibility index (Phi) is 3.71. The van der Waals surface area contributed by atoms with Crippen LogP contribution in [0, 0.1) is 18.6 Å². The lowest BCUT2D eigenvalue weighted by Gasteiger charge is -2.06. The van der Waals surface area contributed by atoms with Crippen molar-refractivity contribution in [3.05, 3.63) is 51.4 Å². The number of nitrogens with zero attached hydrogens (tertiary/aromatic N) is 1. The third-order valence-corrected chi connectivity index (χ3v) is 2.72. The van der Waals surface area contributed by atoms with Crippen LogP contribution in [0.4, 0.5) is 8.78 Å². The number of halogens is 2. The Morgan fingerprint density at radius 1 is 1.26 bits per heavy atom. The maximum Gasteiger partial charge on any atom is 0.254 e. The summed E-state index contributed by atoms with van der Waals surface area (Å²) in [6, 6.07) is 2.92. The number of aliphatic hydroxyl groups excluding tert-OH is 1. The topological polar surface area (TPSA) is 66.0 Å². The summed E-state index contributed by atoms with van der Waals surface area (Å²) < 4.78 is 26.2. The number of hydrogen-bond donors (Lipinski definition) is 2. The van der Waals surface area contributed by atoms with E-state index >= 15 is 0 Å². The molecule has 4 nitrogen and oxygen atoms in total. The third kappa shape index (κ3) is 2.85. The van der Waals surface area contributed by atoms with Crippen molar-refractivity contribution in [1.82, 2.24) is 9.97 Å². The van der Waals surface area contributed by atoms with Gasteiger partial charge in [0.2, 0.25) is 0 Å². The highest BCUT2D eigenvalue weighted by atomic mass is 19.1. The van der Waals surface area contributed by atoms with Gasteiger partial charge in [-0.25, -0.2) is 13.8 Å². The van der Waals surface area contributed by atoms with Gasteiger partial charge in [0.05, 0.1) is 0 Å². The largest absolute Gasteiger partial charge is 0.396 e. The molecule has 2 aromatic rings. The highest BCUT2D eigenvalue weighted by Crippen LogP contribution is 2.17. The van der Waals surface area contributed by atoms with E-state index in [1.54, 1.807) is 6.92 Å². The van der Waals surface area contributed by atoms with E-state index in [-0.39, 0.29) is 24.4 Å². The van der Waals surface area contributed by atoms with Gasteiger partial charge in [0.1, 0.15) is 17.5 Å². The molecular weight excluding hydrogens is 254 g/mol. The van der Waals surface area contributed by atoms with Crippen molar-refractivity contribution in [2.45, 2.75) is 13.3 Å². The summed E-state index contributed by atoms with van der Waals surface area (Å²) in [6.45, 7) is 1.44.